The molecule has 0 fully saturated rings. The first-order chi connectivity index (χ1) is 9.88. The quantitative estimate of drug-likeness (QED) is 0.466. The second-order valence-corrected chi connectivity index (χ2v) is 6.98. The van der Waals surface area contributed by atoms with Crippen molar-refractivity contribution in [1.29, 1.82) is 0 Å². The zero-order valence-electron chi connectivity index (χ0n) is 12.1. The normalized spacial score (nSPS) is 10.8. The van der Waals surface area contributed by atoms with Gasteiger partial charge in [-0.1, -0.05) is 41.9 Å². The van der Waals surface area contributed by atoms with E-state index in [0.717, 1.165) is 20.1 Å². The van der Waals surface area contributed by atoms with Gasteiger partial charge in [-0.3, -0.25) is 0 Å². The minimum Gasteiger partial charge on any atom is -0.423 e. The van der Waals surface area contributed by atoms with Crippen molar-refractivity contribution in [2.24, 2.45) is 0 Å². The maximum atomic E-state index is 12.4. The number of esters is 1. The highest BCUT2D eigenvalue weighted by atomic mass is 79.9. The predicted octanol–water partition coefficient (Wildman–Crippen LogP) is 5.86. The Hall–Kier alpha value is -1.13. The summed E-state index contributed by atoms with van der Waals surface area (Å²) in [5.41, 5.74) is 2.59. The Morgan fingerprint density at radius 1 is 1.10 bits per heavy atom. The smallest absolute Gasteiger partial charge is 0.344 e. The first-order valence-electron chi connectivity index (χ1n) is 6.66. The zero-order chi connectivity index (χ0) is 15.6. The fourth-order valence-electron chi connectivity index (χ4n) is 2.02. The van der Waals surface area contributed by atoms with Crippen LogP contribution in [0.1, 0.15) is 41.3 Å². The lowest BCUT2D eigenvalue weighted by Gasteiger charge is -2.14. The average molecular weight is 412 g/mol. The molecule has 2 aromatic rings. The standard InChI is InChI=1S/C17H16Br2O2/c1-10(2)13-6-4-11(3)8-16(13)21-17(20)14-9-12(18)5-7-15(14)19/h4-10H,1-3H3. The van der Waals surface area contributed by atoms with Gasteiger partial charge in [0.15, 0.2) is 0 Å². The van der Waals surface area contributed by atoms with Gasteiger partial charge in [-0.05, 0) is 64.2 Å². The minimum absolute atomic E-state index is 0.291. The molecule has 21 heavy (non-hydrogen) atoms. The Kier molecular flexibility index (Phi) is 5.22. The van der Waals surface area contributed by atoms with Gasteiger partial charge in [0.05, 0.1) is 5.56 Å². The molecule has 2 aromatic carbocycles. The van der Waals surface area contributed by atoms with E-state index in [4.69, 9.17) is 4.74 Å². The molecule has 0 aliphatic rings. The molecule has 110 valence electrons. The van der Waals surface area contributed by atoms with Crippen LogP contribution < -0.4 is 4.74 Å². The Morgan fingerprint density at radius 2 is 1.81 bits per heavy atom. The van der Waals surface area contributed by atoms with Gasteiger partial charge in [-0.15, -0.1) is 0 Å². The highest BCUT2D eigenvalue weighted by molar-refractivity contribution is 9.11. The van der Waals surface area contributed by atoms with Gasteiger partial charge < -0.3 is 4.74 Å². The second kappa shape index (κ2) is 6.75. The van der Waals surface area contributed by atoms with E-state index in [1.165, 1.54) is 0 Å². The van der Waals surface area contributed by atoms with E-state index in [1.54, 1.807) is 6.07 Å². The third kappa shape index (κ3) is 3.95. The molecule has 0 amide bonds. The first-order valence-corrected chi connectivity index (χ1v) is 8.25. The van der Waals surface area contributed by atoms with Gasteiger partial charge in [0, 0.05) is 8.95 Å². The lowest BCUT2D eigenvalue weighted by molar-refractivity contribution is 0.0731. The summed E-state index contributed by atoms with van der Waals surface area (Å²) in [6.07, 6.45) is 0. The topological polar surface area (TPSA) is 26.3 Å². The van der Waals surface area contributed by atoms with Gasteiger partial charge >= 0.3 is 5.97 Å². The number of hydrogen-bond donors (Lipinski definition) is 0. The van der Waals surface area contributed by atoms with Crippen molar-refractivity contribution in [3.63, 3.8) is 0 Å². The number of aryl methyl sites for hydroxylation is 1. The van der Waals surface area contributed by atoms with Gasteiger partial charge in [0.2, 0.25) is 0 Å². The molecule has 4 heteroatoms. The summed E-state index contributed by atoms with van der Waals surface area (Å²) in [4.78, 5) is 12.4. The van der Waals surface area contributed by atoms with E-state index in [9.17, 15) is 4.79 Å². The highest BCUT2D eigenvalue weighted by Gasteiger charge is 2.16. The third-order valence-electron chi connectivity index (χ3n) is 3.14. The predicted molar refractivity (Wildman–Crippen MR) is 92.1 cm³/mol. The van der Waals surface area contributed by atoms with Crippen molar-refractivity contribution in [3.05, 3.63) is 62.0 Å². The lowest BCUT2D eigenvalue weighted by Crippen LogP contribution is -2.11. The summed E-state index contributed by atoms with van der Waals surface area (Å²) in [6, 6.07) is 11.4. The first kappa shape index (κ1) is 16.2. The van der Waals surface area contributed by atoms with E-state index < -0.39 is 0 Å². The minimum atomic E-state index is -0.365. The van der Waals surface area contributed by atoms with Crippen molar-refractivity contribution < 1.29 is 9.53 Å². The van der Waals surface area contributed by atoms with Crippen LogP contribution in [0.2, 0.25) is 0 Å². The zero-order valence-corrected chi connectivity index (χ0v) is 15.3. The number of hydrogen-bond acceptors (Lipinski definition) is 2. The number of benzene rings is 2. The molecule has 0 saturated heterocycles. The summed E-state index contributed by atoms with van der Waals surface area (Å²) in [5.74, 6) is 0.553. The van der Waals surface area contributed by atoms with Crippen LogP contribution in [0, 0.1) is 6.92 Å². The molecule has 0 radical (unpaired) electrons. The fourth-order valence-corrected chi connectivity index (χ4v) is 2.79. The highest BCUT2D eigenvalue weighted by Crippen LogP contribution is 2.29. The van der Waals surface area contributed by atoms with Crippen LogP contribution >= 0.6 is 31.9 Å². The van der Waals surface area contributed by atoms with Crippen molar-refractivity contribution in [1.82, 2.24) is 0 Å². The average Bonchev–Trinajstić information content (AvgIpc) is 2.41. The van der Waals surface area contributed by atoms with Gasteiger partial charge in [0.1, 0.15) is 5.75 Å². The summed E-state index contributed by atoms with van der Waals surface area (Å²) in [5, 5.41) is 0. The van der Waals surface area contributed by atoms with Crippen LogP contribution in [0.15, 0.2) is 45.3 Å². The molecule has 2 nitrogen and oxygen atoms in total. The molecule has 0 unspecified atom stereocenters. The number of halogens is 2. The molecular formula is C17H16Br2O2. The summed E-state index contributed by atoms with van der Waals surface area (Å²) < 4.78 is 7.18. The molecular weight excluding hydrogens is 396 g/mol. The Labute approximate surface area is 141 Å². The van der Waals surface area contributed by atoms with E-state index >= 15 is 0 Å². The van der Waals surface area contributed by atoms with Crippen molar-refractivity contribution in [2.45, 2.75) is 26.7 Å². The van der Waals surface area contributed by atoms with Crippen molar-refractivity contribution >= 4 is 37.8 Å². The second-order valence-electron chi connectivity index (χ2n) is 5.21. The fraction of sp³-hybridized carbons (Fsp3) is 0.235. The maximum absolute atomic E-state index is 12.4. The van der Waals surface area contributed by atoms with Crippen LogP contribution in [0.5, 0.6) is 5.75 Å². The van der Waals surface area contributed by atoms with Crippen LogP contribution in [-0.4, -0.2) is 5.97 Å². The number of carbonyl (C=O) groups is 1. The van der Waals surface area contributed by atoms with Crippen LogP contribution in [0.4, 0.5) is 0 Å². The molecule has 0 aromatic heterocycles. The number of rotatable bonds is 3. The Morgan fingerprint density at radius 3 is 2.48 bits per heavy atom. The van der Waals surface area contributed by atoms with Crippen LogP contribution in [-0.2, 0) is 0 Å². The molecule has 2 rings (SSSR count). The Balaban J connectivity index is 2.35. The molecule has 0 heterocycles. The van der Waals surface area contributed by atoms with Gasteiger partial charge in [-0.2, -0.15) is 0 Å². The van der Waals surface area contributed by atoms with Crippen LogP contribution in [0.3, 0.4) is 0 Å². The largest absolute Gasteiger partial charge is 0.423 e. The van der Waals surface area contributed by atoms with E-state index in [1.807, 2.05) is 37.3 Å². The molecule has 0 bridgehead atoms. The summed E-state index contributed by atoms with van der Waals surface area (Å²) in [7, 11) is 0. The SMILES string of the molecule is Cc1ccc(C(C)C)c(OC(=O)c2cc(Br)ccc2Br)c1. The van der Waals surface area contributed by atoms with E-state index in [0.29, 0.717) is 17.2 Å². The molecule has 0 atom stereocenters. The third-order valence-corrected chi connectivity index (χ3v) is 4.33. The van der Waals surface area contributed by atoms with Crippen LogP contribution in [0.25, 0.3) is 0 Å². The molecule has 0 aliphatic heterocycles. The monoisotopic (exact) mass is 410 g/mol. The molecule has 0 spiro atoms. The molecule has 0 aliphatic carbocycles. The van der Waals surface area contributed by atoms with E-state index in [2.05, 4.69) is 45.7 Å². The summed E-state index contributed by atoms with van der Waals surface area (Å²) >= 11 is 6.76. The van der Waals surface area contributed by atoms with Gasteiger partial charge in [0.25, 0.3) is 0 Å². The van der Waals surface area contributed by atoms with E-state index in [-0.39, 0.29) is 5.97 Å². The van der Waals surface area contributed by atoms with Crippen molar-refractivity contribution in [2.75, 3.05) is 0 Å². The van der Waals surface area contributed by atoms with Crippen molar-refractivity contribution in [3.8, 4) is 5.75 Å². The summed E-state index contributed by atoms with van der Waals surface area (Å²) in [6.45, 7) is 6.14. The lowest BCUT2D eigenvalue weighted by atomic mass is 10.0. The van der Waals surface area contributed by atoms with Gasteiger partial charge in [-0.25, -0.2) is 4.79 Å². The number of carbonyl (C=O) groups excluding carboxylic acids is 1. The number of ether oxygens (including phenoxy) is 1. The molecule has 0 N–H and O–H groups in total. The molecule has 0 saturated carbocycles. The Bertz CT molecular complexity index is 678. The maximum Gasteiger partial charge on any atom is 0.344 e.